The summed E-state index contributed by atoms with van der Waals surface area (Å²) in [7, 11) is -3.45. The fraction of sp³-hybridized carbons (Fsp3) is 0.500. The molecule has 1 fully saturated rings. The Bertz CT molecular complexity index is 604. The van der Waals surface area contributed by atoms with Crippen molar-refractivity contribution in [1.82, 2.24) is 9.21 Å². The van der Waals surface area contributed by atoms with Crippen LogP contribution in [0.3, 0.4) is 0 Å². The third kappa shape index (κ3) is 2.85. The molecule has 108 valence electrons. The number of hydrogen-bond acceptors (Lipinski definition) is 4. The molecule has 0 radical (unpaired) electrons. The molecule has 1 saturated heterocycles. The van der Waals surface area contributed by atoms with E-state index in [1.807, 2.05) is 13.0 Å². The molecule has 6 heteroatoms. The number of piperazine rings is 1. The molecule has 1 unspecified atom stereocenters. The summed E-state index contributed by atoms with van der Waals surface area (Å²) in [5.74, 6) is 0. The quantitative estimate of drug-likeness (QED) is 0.842. The molecule has 1 heterocycles. The minimum Gasteiger partial charge on any atom is -0.298 e. The lowest BCUT2D eigenvalue weighted by atomic mass is 10.2. The summed E-state index contributed by atoms with van der Waals surface area (Å²) in [5, 5.41) is 8.76. The van der Waals surface area contributed by atoms with Gasteiger partial charge in [0.05, 0.1) is 16.5 Å². The molecule has 1 aromatic rings. The number of benzene rings is 1. The van der Waals surface area contributed by atoms with Crippen LogP contribution >= 0.6 is 0 Å². The summed E-state index contributed by atoms with van der Waals surface area (Å²) in [6, 6.07) is 8.30. The Labute approximate surface area is 120 Å². The average Bonchev–Trinajstić information content (AvgIpc) is 2.47. The second-order valence-corrected chi connectivity index (χ2v) is 6.91. The third-order valence-electron chi connectivity index (χ3n) is 3.76. The van der Waals surface area contributed by atoms with E-state index in [4.69, 9.17) is 5.26 Å². The van der Waals surface area contributed by atoms with E-state index in [1.54, 1.807) is 12.1 Å². The van der Waals surface area contributed by atoms with Crippen molar-refractivity contribution < 1.29 is 8.42 Å². The minimum absolute atomic E-state index is 0.224. The fourth-order valence-electron chi connectivity index (χ4n) is 2.50. The van der Waals surface area contributed by atoms with Crippen molar-refractivity contribution in [3.63, 3.8) is 0 Å². The van der Waals surface area contributed by atoms with Gasteiger partial charge in [0.2, 0.25) is 10.0 Å². The van der Waals surface area contributed by atoms with E-state index in [-0.39, 0.29) is 10.9 Å². The lowest BCUT2D eigenvalue weighted by Crippen LogP contribution is -2.53. The topological polar surface area (TPSA) is 64.4 Å². The van der Waals surface area contributed by atoms with Crippen LogP contribution in [0.4, 0.5) is 0 Å². The molecule has 1 aliphatic heterocycles. The number of sulfonamides is 1. The Morgan fingerprint density at radius 1 is 1.30 bits per heavy atom. The summed E-state index contributed by atoms with van der Waals surface area (Å²) >= 11 is 0. The van der Waals surface area contributed by atoms with Crippen molar-refractivity contribution in [2.24, 2.45) is 0 Å². The lowest BCUT2D eigenvalue weighted by molar-refractivity contribution is 0.135. The van der Waals surface area contributed by atoms with Crippen LogP contribution in [-0.2, 0) is 10.0 Å². The molecule has 0 aliphatic carbocycles. The van der Waals surface area contributed by atoms with Crippen LogP contribution in [0.25, 0.3) is 0 Å². The Balaban J connectivity index is 2.20. The highest BCUT2D eigenvalue weighted by Crippen LogP contribution is 2.20. The zero-order valence-corrected chi connectivity index (χ0v) is 12.6. The highest BCUT2D eigenvalue weighted by Gasteiger charge is 2.31. The predicted octanol–water partition coefficient (Wildman–Crippen LogP) is 1.27. The molecule has 0 bridgehead atoms. The molecule has 0 spiro atoms. The maximum Gasteiger partial charge on any atom is 0.243 e. The SMILES string of the molecule is CCN1CCN(S(=O)(=O)c2ccc(C#N)cc2)CC1C. The molecule has 1 aliphatic rings. The molecule has 5 nitrogen and oxygen atoms in total. The van der Waals surface area contributed by atoms with E-state index < -0.39 is 10.0 Å². The van der Waals surface area contributed by atoms with Crippen LogP contribution < -0.4 is 0 Å². The van der Waals surface area contributed by atoms with Crippen molar-refractivity contribution in [2.75, 3.05) is 26.2 Å². The zero-order valence-electron chi connectivity index (χ0n) is 11.8. The van der Waals surface area contributed by atoms with Gasteiger partial charge in [-0.3, -0.25) is 4.90 Å². The molecular formula is C14H19N3O2S. The minimum atomic E-state index is -3.45. The van der Waals surface area contributed by atoms with Gasteiger partial charge in [-0.25, -0.2) is 8.42 Å². The van der Waals surface area contributed by atoms with E-state index in [1.165, 1.54) is 16.4 Å². The van der Waals surface area contributed by atoms with E-state index in [2.05, 4.69) is 11.8 Å². The third-order valence-corrected chi connectivity index (χ3v) is 5.63. The molecule has 0 aromatic heterocycles. The first-order valence-corrected chi connectivity index (χ1v) is 8.17. The molecular weight excluding hydrogens is 274 g/mol. The van der Waals surface area contributed by atoms with Gasteiger partial charge < -0.3 is 0 Å². The van der Waals surface area contributed by atoms with Crippen LogP contribution in [0.1, 0.15) is 19.4 Å². The van der Waals surface area contributed by atoms with Crippen LogP contribution in [0.2, 0.25) is 0 Å². The smallest absolute Gasteiger partial charge is 0.243 e. The summed E-state index contributed by atoms with van der Waals surface area (Å²) in [5.41, 5.74) is 0.466. The Hall–Kier alpha value is -1.42. The first kappa shape index (κ1) is 15.0. The highest BCUT2D eigenvalue weighted by molar-refractivity contribution is 7.89. The van der Waals surface area contributed by atoms with Crippen LogP contribution in [-0.4, -0.2) is 49.8 Å². The Morgan fingerprint density at radius 2 is 1.95 bits per heavy atom. The van der Waals surface area contributed by atoms with Gasteiger partial charge in [-0.05, 0) is 37.7 Å². The van der Waals surface area contributed by atoms with Gasteiger partial charge >= 0.3 is 0 Å². The van der Waals surface area contributed by atoms with Gasteiger partial charge in [-0.2, -0.15) is 9.57 Å². The predicted molar refractivity (Wildman–Crippen MR) is 76.6 cm³/mol. The second kappa shape index (κ2) is 5.92. The summed E-state index contributed by atoms with van der Waals surface area (Å²) in [6.07, 6.45) is 0. The molecule has 1 atom stereocenters. The normalized spacial score (nSPS) is 21.6. The largest absolute Gasteiger partial charge is 0.298 e. The number of nitrogens with zero attached hydrogens (tertiary/aromatic N) is 3. The Kier molecular flexibility index (Phi) is 4.43. The van der Waals surface area contributed by atoms with Crippen LogP contribution in [0.15, 0.2) is 29.2 Å². The van der Waals surface area contributed by atoms with Gasteiger partial charge in [0, 0.05) is 25.7 Å². The van der Waals surface area contributed by atoms with Gasteiger partial charge in [0.15, 0.2) is 0 Å². The number of likely N-dealkylation sites (N-methyl/N-ethyl adjacent to an activating group) is 1. The van der Waals surface area contributed by atoms with Crippen LogP contribution in [0, 0.1) is 11.3 Å². The monoisotopic (exact) mass is 293 g/mol. The zero-order chi connectivity index (χ0) is 14.8. The Morgan fingerprint density at radius 3 is 2.45 bits per heavy atom. The number of nitriles is 1. The van der Waals surface area contributed by atoms with E-state index in [0.717, 1.165) is 13.1 Å². The van der Waals surface area contributed by atoms with Gasteiger partial charge in [-0.15, -0.1) is 0 Å². The molecule has 1 aromatic carbocycles. The molecule has 0 amide bonds. The standard InChI is InChI=1S/C14H19N3O2S/c1-3-16-8-9-17(11-12(16)2)20(18,19)14-6-4-13(10-15)5-7-14/h4-7,12H,3,8-9,11H2,1-2H3. The highest BCUT2D eigenvalue weighted by atomic mass is 32.2. The maximum absolute atomic E-state index is 12.6. The molecule has 0 N–H and O–H groups in total. The van der Waals surface area contributed by atoms with Crippen molar-refractivity contribution >= 4 is 10.0 Å². The van der Waals surface area contributed by atoms with Crippen molar-refractivity contribution in [3.8, 4) is 6.07 Å². The number of hydrogen-bond donors (Lipinski definition) is 0. The van der Waals surface area contributed by atoms with Crippen LogP contribution in [0.5, 0.6) is 0 Å². The van der Waals surface area contributed by atoms with Crippen molar-refractivity contribution in [3.05, 3.63) is 29.8 Å². The summed E-state index contributed by atoms with van der Waals surface area (Å²) in [4.78, 5) is 2.53. The van der Waals surface area contributed by atoms with Gasteiger partial charge in [0.1, 0.15) is 0 Å². The van der Waals surface area contributed by atoms with Gasteiger partial charge in [0.25, 0.3) is 0 Å². The van der Waals surface area contributed by atoms with Gasteiger partial charge in [-0.1, -0.05) is 6.92 Å². The lowest BCUT2D eigenvalue weighted by Gasteiger charge is -2.38. The number of rotatable bonds is 3. The molecule has 20 heavy (non-hydrogen) atoms. The summed E-state index contributed by atoms with van der Waals surface area (Å²) in [6.45, 7) is 6.85. The molecule has 0 saturated carbocycles. The van der Waals surface area contributed by atoms with Crippen molar-refractivity contribution in [1.29, 1.82) is 5.26 Å². The fourth-order valence-corrected chi connectivity index (χ4v) is 4.01. The van der Waals surface area contributed by atoms with Crippen molar-refractivity contribution in [2.45, 2.75) is 24.8 Å². The first-order valence-electron chi connectivity index (χ1n) is 6.73. The first-order chi connectivity index (χ1) is 9.48. The van der Waals surface area contributed by atoms with E-state index >= 15 is 0 Å². The van der Waals surface area contributed by atoms with E-state index in [0.29, 0.717) is 18.7 Å². The average molecular weight is 293 g/mol. The molecule has 2 rings (SSSR count). The second-order valence-electron chi connectivity index (χ2n) is 4.98. The van der Waals surface area contributed by atoms with E-state index in [9.17, 15) is 8.42 Å². The summed E-state index contributed by atoms with van der Waals surface area (Å²) < 4.78 is 26.6. The maximum atomic E-state index is 12.6.